The van der Waals surface area contributed by atoms with E-state index in [-0.39, 0.29) is 0 Å². The lowest BCUT2D eigenvalue weighted by Gasteiger charge is -2.09. The molecule has 0 spiro atoms. The van der Waals surface area contributed by atoms with E-state index in [4.69, 9.17) is 1.37 Å². The summed E-state index contributed by atoms with van der Waals surface area (Å²) in [5.74, 6) is 0. The van der Waals surface area contributed by atoms with Crippen molar-refractivity contribution >= 4 is 32.4 Å². The Morgan fingerprint density at radius 1 is 0.789 bits per heavy atom. The van der Waals surface area contributed by atoms with Gasteiger partial charge >= 0.3 is 0 Å². The topological polar surface area (TPSA) is 12.9 Å². The highest BCUT2D eigenvalue weighted by Gasteiger charge is 2.08. The minimum atomic E-state index is 0.310. The van der Waals surface area contributed by atoms with E-state index in [1.807, 2.05) is 18.3 Å². The summed E-state index contributed by atoms with van der Waals surface area (Å²) in [6, 6.07) is 18.8. The molecule has 0 radical (unpaired) electrons. The Morgan fingerprint density at radius 2 is 1.53 bits per heavy atom. The quantitative estimate of drug-likeness (QED) is 0.403. The van der Waals surface area contributed by atoms with Crippen molar-refractivity contribution in [2.24, 2.45) is 0 Å². The van der Waals surface area contributed by atoms with E-state index in [1.165, 1.54) is 21.5 Å². The maximum absolute atomic E-state index is 7.57. The molecule has 0 fully saturated rings. The van der Waals surface area contributed by atoms with Crippen molar-refractivity contribution in [2.45, 2.75) is 6.90 Å². The summed E-state index contributed by atoms with van der Waals surface area (Å²) in [5.41, 5.74) is 2.08. The molecule has 19 heavy (non-hydrogen) atoms. The maximum Gasteiger partial charge on any atom is 0.0786 e. The first kappa shape index (κ1) is 9.51. The van der Waals surface area contributed by atoms with E-state index in [0.717, 1.165) is 16.5 Å². The van der Waals surface area contributed by atoms with Crippen LogP contribution in [0.5, 0.6) is 0 Å². The second-order valence-electron chi connectivity index (χ2n) is 4.83. The summed E-state index contributed by atoms with van der Waals surface area (Å²) < 4.78 is 7.57. The normalized spacial score (nSPS) is 12.1. The lowest BCUT2D eigenvalue weighted by Crippen LogP contribution is -1.86. The zero-order chi connectivity index (χ0) is 13.5. The van der Waals surface area contributed by atoms with E-state index in [2.05, 4.69) is 47.4 Å². The maximum atomic E-state index is 7.57. The third-order valence-electron chi connectivity index (χ3n) is 3.65. The number of hydrogen-bond acceptors (Lipinski definition) is 1. The summed E-state index contributed by atoms with van der Waals surface area (Å²) >= 11 is 0. The first-order chi connectivity index (χ1) is 9.88. The number of aryl methyl sites for hydroxylation is 1. The highest BCUT2D eigenvalue weighted by Crippen LogP contribution is 2.33. The van der Waals surface area contributed by atoms with Gasteiger partial charge in [0.1, 0.15) is 0 Å². The van der Waals surface area contributed by atoms with Crippen molar-refractivity contribution in [3.05, 3.63) is 66.4 Å². The predicted octanol–water partition coefficient (Wildman–Crippen LogP) is 4.85. The average Bonchev–Trinajstić information content (AvgIpc) is 2.54. The summed E-state index contributed by atoms with van der Waals surface area (Å²) in [6.07, 6.45) is 1.84. The molecule has 0 amide bonds. The van der Waals surface area contributed by atoms with Crippen LogP contribution in [0.1, 0.15) is 6.93 Å². The fourth-order valence-electron chi connectivity index (χ4n) is 2.81. The summed E-state index contributed by atoms with van der Waals surface area (Å²) in [7, 11) is 0. The second kappa shape index (κ2) is 3.79. The van der Waals surface area contributed by atoms with E-state index in [1.54, 1.807) is 0 Å². The molecule has 4 rings (SSSR count). The average molecular weight is 244 g/mol. The van der Waals surface area contributed by atoms with Crippen LogP contribution in [-0.4, -0.2) is 4.98 Å². The molecule has 0 aliphatic carbocycles. The van der Waals surface area contributed by atoms with Crippen LogP contribution < -0.4 is 0 Å². The molecular formula is C18H13N. The Morgan fingerprint density at radius 3 is 2.37 bits per heavy atom. The molecule has 4 aromatic rings. The Labute approximate surface area is 112 Å². The monoisotopic (exact) mass is 244 g/mol. The Bertz CT molecular complexity index is 908. The van der Waals surface area contributed by atoms with E-state index in [0.29, 0.717) is 6.90 Å². The molecule has 0 saturated carbocycles. The van der Waals surface area contributed by atoms with Gasteiger partial charge in [0.05, 0.1) is 5.52 Å². The van der Waals surface area contributed by atoms with Crippen LogP contribution in [0.25, 0.3) is 32.4 Å². The van der Waals surface area contributed by atoms with Crippen LogP contribution in [0.3, 0.4) is 0 Å². The second-order valence-corrected chi connectivity index (χ2v) is 4.83. The van der Waals surface area contributed by atoms with E-state index < -0.39 is 0 Å². The van der Waals surface area contributed by atoms with Gasteiger partial charge in [-0.3, -0.25) is 4.98 Å². The lowest BCUT2D eigenvalue weighted by atomic mass is 9.96. The van der Waals surface area contributed by atoms with Gasteiger partial charge in [0, 0.05) is 18.3 Å². The van der Waals surface area contributed by atoms with Gasteiger partial charge in [-0.25, -0.2) is 0 Å². The number of nitrogens with zero attached hydrogens (tertiary/aromatic N) is 1. The van der Waals surface area contributed by atoms with Crippen LogP contribution in [0.4, 0.5) is 0 Å². The van der Waals surface area contributed by atoms with Crippen molar-refractivity contribution in [1.82, 2.24) is 4.98 Å². The van der Waals surface area contributed by atoms with Gasteiger partial charge in [-0.1, -0.05) is 54.1 Å². The Kier molecular flexibility index (Phi) is 1.90. The number of hydrogen-bond donors (Lipinski definition) is 0. The molecule has 90 valence electrons. The Hall–Kier alpha value is -2.41. The fraction of sp³-hybridized carbons (Fsp3) is 0.0556. The van der Waals surface area contributed by atoms with Gasteiger partial charge in [-0.2, -0.15) is 0 Å². The molecule has 0 aliphatic heterocycles. The van der Waals surface area contributed by atoms with Crippen molar-refractivity contribution in [3.63, 3.8) is 0 Å². The molecule has 0 atom stereocenters. The summed E-state index contributed by atoms with van der Waals surface area (Å²) in [6.45, 7) is 0.310. The molecule has 0 N–H and O–H groups in total. The minimum Gasteiger partial charge on any atom is -0.256 e. The van der Waals surface area contributed by atoms with Gasteiger partial charge in [0.2, 0.25) is 0 Å². The van der Waals surface area contributed by atoms with Gasteiger partial charge in [0.15, 0.2) is 0 Å². The molecule has 1 heterocycles. The molecule has 0 saturated heterocycles. The highest BCUT2D eigenvalue weighted by atomic mass is 14.6. The van der Waals surface area contributed by atoms with Crippen LogP contribution in [0, 0.1) is 6.90 Å². The van der Waals surface area contributed by atoms with Crippen molar-refractivity contribution < 1.29 is 1.37 Å². The first-order valence-electron chi connectivity index (χ1n) is 7.06. The van der Waals surface area contributed by atoms with Crippen molar-refractivity contribution in [1.29, 1.82) is 0 Å². The zero-order valence-corrected chi connectivity index (χ0v) is 10.4. The molecule has 3 aromatic carbocycles. The number of rotatable bonds is 0. The van der Waals surface area contributed by atoms with E-state index >= 15 is 0 Å². The Balaban J connectivity index is 2.35. The summed E-state index contributed by atoms with van der Waals surface area (Å²) in [5, 5.41) is 6.01. The van der Waals surface area contributed by atoms with Gasteiger partial charge in [-0.05, 0) is 29.1 Å². The first-order valence-corrected chi connectivity index (χ1v) is 6.36. The molecular weight excluding hydrogens is 230 g/mol. The molecule has 0 bridgehead atoms. The van der Waals surface area contributed by atoms with Crippen LogP contribution in [-0.2, 0) is 0 Å². The minimum absolute atomic E-state index is 0.310. The van der Waals surface area contributed by atoms with Crippen LogP contribution in [0.2, 0.25) is 0 Å². The van der Waals surface area contributed by atoms with Gasteiger partial charge in [0.25, 0.3) is 0 Å². The lowest BCUT2D eigenvalue weighted by molar-refractivity contribution is 1.43. The highest BCUT2D eigenvalue weighted by molar-refractivity contribution is 6.24. The van der Waals surface area contributed by atoms with E-state index in [9.17, 15) is 0 Å². The predicted molar refractivity (Wildman–Crippen MR) is 81.5 cm³/mol. The van der Waals surface area contributed by atoms with Gasteiger partial charge < -0.3 is 0 Å². The van der Waals surface area contributed by atoms with Gasteiger partial charge in [-0.15, -0.1) is 0 Å². The molecule has 0 unspecified atom stereocenters. The van der Waals surface area contributed by atoms with Crippen LogP contribution in [0.15, 0.2) is 60.8 Å². The van der Waals surface area contributed by atoms with Crippen LogP contribution >= 0.6 is 0 Å². The summed E-state index contributed by atoms with van der Waals surface area (Å²) in [4.78, 5) is 4.57. The number of aromatic nitrogens is 1. The molecule has 1 heteroatoms. The number of benzene rings is 3. The molecule has 1 nitrogen and oxygen atoms in total. The molecule has 1 aromatic heterocycles. The number of fused-ring (bicyclic) bond motifs is 6. The SMILES string of the molecule is [2H]Cc1ccc2c(c1)c1ccccc1c1cccnc12. The largest absolute Gasteiger partial charge is 0.256 e. The fourth-order valence-corrected chi connectivity index (χ4v) is 2.81. The third-order valence-corrected chi connectivity index (χ3v) is 3.65. The third kappa shape index (κ3) is 1.45. The molecule has 0 aliphatic rings. The number of pyridine rings is 1. The standard InChI is InChI=1S/C18H13N/c1-12-8-9-16-17(11-12)14-6-3-2-5-13(14)15-7-4-10-19-18(15)16/h2-11H,1H3/i1D. The van der Waals surface area contributed by atoms with Crippen molar-refractivity contribution in [3.8, 4) is 0 Å². The smallest absolute Gasteiger partial charge is 0.0786 e. The van der Waals surface area contributed by atoms with Crippen molar-refractivity contribution in [2.75, 3.05) is 0 Å². The zero-order valence-electron chi connectivity index (χ0n) is 11.4.